The number of rotatable bonds is 3. The van der Waals surface area contributed by atoms with Crippen molar-refractivity contribution in [3.8, 4) is 0 Å². The minimum absolute atomic E-state index is 0.0983. The maximum atomic E-state index is 12.8. The van der Waals surface area contributed by atoms with E-state index in [9.17, 15) is 9.59 Å². The van der Waals surface area contributed by atoms with E-state index in [4.69, 9.17) is 5.73 Å². The van der Waals surface area contributed by atoms with Gasteiger partial charge in [0.2, 0.25) is 5.91 Å². The molecule has 6 heteroatoms. The number of hydrogen-bond acceptors (Lipinski definition) is 3. The Hall–Kier alpha value is -1.85. The van der Waals surface area contributed by atoms with Crippen molar-refractivity contribution in [3.05, 3.63) is 17.5 Å². The highest BCUT2D eigenvalue weighted by molar-refractivity contribution is 5.93. The van der Waals surface area contributed by atoms with Gasteiger partial charge >= 0.3 is 0 Å². The summed E-state index contributed by atoms with van der Waals surface area (Å²) in [5.74, 6) is -0.460. The molecule has 0 aromatic carbocycles. The summed E-state index contributed by atoms with van der Waals surface area (Å²) in [7, 11) is 0. The van der Waals surface area contributed by atoms with Gasteiger partial charge in [0.05, 0.1) is 5.54 Å². The van der Waals surface area contributed by atoms with Gasteiger partial charge in [-0.1, -0.05) is 0 Å². The van der Waals surface area contributed by atoms with Crippen LogP contribution in [-0.4, -0.2) is 39.1 Å². The van der Waals surface area contributed by atoms with E-state index in [1.54, 1.807) is 4.90 Å². The second kappa shape index (κ2) is 6.10. The zero-order valence-corrected chi connectivity index (χ0v) is 13.9. The van der Waals surface area contributed by atoms with Crippen LogP contribution in [0.4, 0.5) is 0 Å². The molecule has 1 aliphatic heterocycles. The molecule has 1 aromatic rings. The monoisotopic (exact) mass is 306 g/mol. The molecule has 2 amide bonds. The fourth-order valence-electron chi connectivity index (χ4n) is 3.12. The fourth-order valence-corrected chi connectivity index (χ4v) is 3.12. The van der Waals surface area contributed by atoms with E-state index in [0.717, 1.165) is 25.0 Å². The van der Waals surface area contributed by atoms with Gasteiger partial charge in [0, 0.05) is 24.7 Å². The normalized spacial score (nSPS) is 19.3. The molecule has 122 valence electrons. The Bertz CT molecular complexity index is 571. The molecule has 2 N–H and O–H groups in total. The molecule has 22 heavy (non-hydrogen) atoms. The SMILES string of the molecule is Cc1cc(C(=O)N2CCCC[C@@H]2CC(N)=O)nn1C(C)(C)C. The number of carbonyl (C=O) groups excluding carboxylic acids is 2. The number of likely N-dealkylation sites (tertiary alicyclic amines) is 1. The molecule has 1 atom stereocenters. The number of aromatic nitrogens is 2. The molecule has 1 saturated heterocycles. The highest BCUT2D eigenvalue weighted by Gasteiger charge is 2.30. The first-order valence-electron chi connectivity index (χ1n) is 7.86. The highest BCUT2D eigenvalue weighted by Crippen LogP contribution is 2.23. The summed E-state index contributed by atoms with van der Waals surface area (Å²) in [4.78, 5) is 25.8. The molecule has 2 heterocycles. The van der Waals surface area contributed by atoms with E-state index < -0.39 is 0 Å². The van der Waals surface area contributed by atoms with Crippen molar-refractivity contribution in [3.63, 3.8) is 0 Å². The average molecular weight is 306 g/mol. The minimum Gasteiger partial charge on any atom is -0.370 e. The molecular weight excluding hydrogens is 280 g/mol. The van der Waals surface area contributed by atoms with Gasteiger partial charge in [-0.25, -0.2) is 0 Å². The zero-order valence-electron chi connectivity index (χ0n) is 13.9. The third-order valence-electron chi connectivity index (χ3n) is 4.07. The maximum Gasteiger partial charge on any atom is 0.274 e. The lowest BCUT2D eigenvalue weighted by molar-refractivity contribution is -0.119. The number of amides is 2. The van der Waals surface area contributed by atoms with Gasteiger partial charge in [-0.2, -0.15) is 5.10 Å². The molecular formula is C16H26N4O2. The molecule has 1 aliphatic rings. The smallest absolute Gasteiger partial charge is 0.274 e. The van der Waals surface area contributed by atoms with Crippen molar-refractivity contribution in [2.24, 2.45) is 5.73 Å². The fraction of sp³-hybridized carbons (Fsp3) is 0.688. The Morgan fingerprint density at radius 1 is 1.36 bits per heavy atom. The van der Waals surface area contributed by atoms with Gasteiger partial charge in [-0.05, 0) is 53.0 Å². The number of aryl methyl sites for hydroxylation is 1. The van der Waals surface area contributed by atoms with Crippen LogP contribution in [0.2, 0.25) is 0 Å². The van der Waals surface area contributed by atoms with E-state index in [1.165, 1.54) is 0 Å². The number of nitrogens with two attached hydrogens (primary N) is 1. The van der Waals surface area contributed by atoms with E-state index in [0.29, 0.717) is 12.2 Å². The minimum atomic E-state index is -0.360. The lowest BCUT2D eigenvalue weighted by Crippen LogP contribution is -2.45. The molecule has 1 aromatic heterocycles. The van der Waals surface area contributed by atoms with Gasteiger partial charge in [-0.3, -0.25) is 14.3 Å². The predicted octanol–water partition coefficient (Wildman–Crippen LogP) is 1.82. The standard InChI is InChI=1S/C16H26N4O2/c1-11-9-13(18-20(11)16(2,3)4)15(22)19-8-6-5-7-12(19)10-14(17)21/h9,12H,5-8,10H2,1-4H3,(H2,17,21)/t12-/m1/s1. The van der Waals surface area contributed by atoms with Crippen LogP contribution in [0.25, 0.3) is 0 Å². The van der Waals surface area contributed by atoms with Gasteiger partial charge in [0.1, 0.15) is 0 Å². The molecule has 2 rings (SSSR count). The molecule has 6 nitrogen and oxygen atoms in total. The van der Waals surface area contributed by atoms with E-state index >= 15 is 0 Å². The van der Waals surface area contributed by atoms with Crippen LogP contribution in [0, 0.1) is 6.92 Å². The first kappa shape index (κ1) is 16.5. The lowest BCUT2D eigenvalue weighted by atomic mass is 9.98. The van der Waals surface area contributed by atoms with E-state index in [2.05, 4.69) is 25.9 Å². The summed E-state index contributed by atoms with van der Waals surface area (Å²) in [6.07, 6.45) is 3.04. The first-order chi connectivity index (χ1) is 10.2. The van der Waals surface area contributed by atoms with Crippen LogP contribution < -0.4 is 5.73 Å². The maximum absolute atomic E-state index is 12.8. The highest BCUT2D eigenvalue weighted by atomic mass is 16.2. The zero-order chi connectivity index (χ0) is 16.5. The topological polar surface area (TPSA) is 81.2 Å². The summed E-state index contributed by atoms with van der Waals surface area (Å²) >= 11 is 0. The van der Waals surface area contributed by atoms with Crippen molar-refractivity contribution in [1.29, 1.82) is 0 Å². The quantitative estimate of drug-likeness (QED) is 0.924. The van der Waals surface area contributed by atoms with Crippen molar-refractivity contribution in [2.75, 3.05) is 6.54 Å². The summed E-state index contributed by atoms with van der Waals surface area (Å²) in [6.45, 7) is 8.78. The third-order valence-corrected chi connectivity index (χ3v) is 4.07. The van der Waals surface area contributed by atoms with Crippen LogP contribution in [-0.2, 0) is 10.3 Å². The van der Waals surface area contributed by atoms with Crippen LogP contribution in [0.3, 0.4) is 0 Å². The van der Waals surface area contributed by atoms with Crippen molar-refractivity contribution in [1.82, 2.24) is 14.7 Å². The molecule has 1 fully saturated rings. The molecule has 0 unspecified atom stereocenters. The van der Waals surface area contributed by atoms with Crippen molar-refractivity contribution >= 4 is 11.8 Å². The number of hydrogen-bond donors (Lipinski definition) is 1. The molecule has 0 spiro atoms. The number of primary amides is 1. The van der Waals surface area contributed by atoms with Crippen molar-refractivity contribution < 1.29 is 9.59 Å². The lowest BCUT2D eigenvalue weighted by Gasteiger charge is -2.34. The Balaban J connectivity index is 2.24. The summed E-state index contributed by atoms with van der Waals surface area (Å²) < 4.78 is 1.87. The number of nitrogens with zero attached hydrogens (tertiary/aromatic N) is 3. The Morgan fingerprint density at radius 3 is 2.59 bits per heavy atom. The van der Waals surface area contributed by atoms with Gasteiger partial charge in [0.15, 0.2) is 5.69 Å². The molecule has 0 aliphatic carbocycles. The third kappa shape index (κ3) is 3.48. The van der Waals surface area contributed by atoms with E-state index in [-0.39, 0.29) is 29.8 Å². The molecule has 0 bridgehead atoms. The molecule has 0 saturated carbocycles. The van der Waals surface area contributed by atoms with Crippen LogP contribution in [0.5, 0.6) is 0 Å². The Morgan fingerprint density at radius 2 is 2.05 bits per heavy atom. The van der Waals surface area contributed by atoms with Crippen molar-refractivity contribution in [2.45, 2.75) is 65.0 Å². The Kier molecular flexibility index (Phi) is 4.58. The second-order valence-corrected chi connectivity index (χ2v) is 7.07. The molecule has 0 radical (unpaired) electrons. The van der Waals surface area contributed by atoms with Gasteiger partial charge in [0.25, 0.3) is 5.91 Å². The number of piperidine rings is 1. The average Bonchev–Trinajstić information content (AvgIpc) is 2.80. The Labute approximate surface area is 131 Å². The summed E-state index contributed by atoms with van der Waals surface area (Å²) in [5.41, 5.74) is 6.55. The van der Waals surface area contributed by atoms with Crippen LogP contribution in [0.1, 0.15) is 62.6 Å². The van der Waals surface area contributed by atoms with E-state index in [1.807, 2.05) is 17.7 Å². The number of carbonyl (C=O) groups is 2. The van der Waals surface area contributed by atoms with Gasteiger partial charge < -0.3 is 10.6 Å². The van der Waals surface area contributed by atoms with Gasteiger partial charge in [-0.15, -0.1) is 0 Å². The first-order valence-corrected chi connectivity index (χ1v) is 7.86. The largest absolute Gasteiger partial charge is 0.370 e. The second-order valence-electron chi connectivity index (χ2n) is 7.07. The van der Waals surface area contributed by atoms with Crippen LogP contribution >= 0.6 is 0 Å². The predicted molar refractivity (Wildman–Crippen MR) is 84.4 cm³/mol. The van der Waals surface area contributed by atoms with Crippen LogP contribution in [0.15, 0.2) is 6.07 Å². The summed E-state index contributed by atoms with van der Waals surface area (Å²) in [5, 5.41) is 4.48. The summed E-state index contributed by atoms with van der Waals surface area (Å²) in [6, 6.07) is 1.72.